The van der Waals surface area contributed by atoms with Crippen molar-refractivity contribution in [2.45, 2.75) is 110 Å². The van der Waals surface area contributed by atoms with E-state index < -0.39 is 0 Å². The van der Waals surface area contributed by atoms with E-state index in [1.807, 2.05) is 0 Å². The van der Waals surface area contributed by atoms with Crippen LogP contribution in [0.3, 0.4) is 0 Å². The molecule has 0 amide bonds. The smallest absolute Gasteiger partial charge is 0.132 e. The molecule has 0 rings (SSSR count). The van der Waals surface area contributed by atoms with Crippen molar-refractivity contribution in [2.24, 2.45) is 0 Å². The predicted molar refractivity (Wildman–Crippen MR) is 91.8 cm³/mol. The van der Waals surface area contributed by atoms with E-state index in [9.17, 15) is 4.79 Å². The van der Waals surface area contributed by atoms with Gasteiger partial charge in [-0.05, 0) is 19.8 Å². The fourth-order valence-electron chi connectivity index (χ4n) is 2.67. The Morgan fingerprint density at radius 3 is 1.90 bits per heavy atom. The number of ether oxygens (including phenoxy) is 1. The van der Waals surface area contributed by atoms with Gasteiger partial charge in [0.1, 0.15) is 5.78 Å². The van der Waals surface area contributed by atoms with E-state index in [1.54, 1.807) is 6.92 Å². The average Bonchev–Trinajstić information content (AvgIpc) is 2.45. The summed E-state index contributed by atoms with van der Waals surface area (Å²) in [6, 6.07) is 0. The summed E-state index contributed by atoms with van der Waals surface area (Å²) in [6.07, 6.45) is 16.0. The molecular formula is C19H38O2. The topological polar surface area (TPSA) is 26.3 Å². The second kappa shape index (κ2) is 16.0. The first-order valence-electron chi connectivity index (χ1n) is 9.31. The summed E-state index contributed by atoms with van der Waals surface area (Å²) in [7, 11) is 0. The molecule has 2 nitrogen and oxygen atoms in total. The molecule has 0 aliphatic carbocycles. The van der Waals surface area contributed by atoms with Crippen LogP contribution in [0, 0.1) is 0 Å². The van der Waals surface area contributed by atoms with Gasteiger partial charge in [-0.1, -0.05) is 78.1 Å². The van der Waals surface area contributed by atoms with Gasteiger partial charge in [0, 0.05) is 13.0 Å². The minimum Gasteiger partial charge on any atom is -0.378 e. The minimum atomic E-state index is 0.167. The van der Waals surface area contributed by atoms with Crippen LogP contribution in [-0.2, 0) is 9.53 Å². The van der Waals surface area contributed by atoms with Crippen LogP contribution in [0.25, 0.3) is 0 Å². The third kappa shape index (κ3) is 15.8. The van der Waals surface area contributed by atoms with Crippen LogP contribution in [0.2, 0.25) is 0 Å². The maximum atomic E-state index is 11.3. The van der Waals surface area contributed by atoms with Crippen molar-refractivity contribution in [3.63, 3.8) is 0 Å². The molecule has 0 aromatic carbocycles. The molecule has 0 saturated heterocycles. The summed E-state index contributed by atoms with van der Waals surface area (Å²) < 4.78 is 5.94. The van der Waals surface area contributed by atoms with E-state index in [2.05, 4.69) is 13.8 Å². The Kier molecular flexibility index (Phi) is 15.7. The summed E-state index contributed by atoms with van der Waals surface area (Å²) in [5.74, 6) is 0.261. The number of hydrogen-bond donors (Lipinski definition) is 0. The number of hydrogen-bond acceptors (Lipinski definition) is 2. The highest BCUT2D eigenvalue weighted by atomic mass is 16.5. The Hall–Kier alpha value is -0.370. The highest BCUT2D eigenvalue weighted by molar-refractivity contribution is 5.75. The van der Waals surface area contributed by atoms with E-state index in [0.717, 1.165) is 19.4 Å². The molecule has 21 heavy (non-hydrogen) atoms. The van der Waals surface area contributed by atoms with Crippen molar-refractivity contribution >= 4 is 5.78 Å². The third-order valence-corrected chi connectivity index (χ3v) is 4.00. The van der Waals surface area contributed by atoms with Crippen molar-refractivity contribution in [1.82, 2.24) is 0 Å². The van der Waals surface area contributed by atoms with Gasteiger partial charge < -0.3 is 4.74 Å². The first kappa shape index (κ1) is 20.6. The van der Waals surface area contributed by atoms with E-state index >= 15 is 0 Å². The summed E-state index contributed by atoms with van der Waals surface area (Å²) in [5, 5.41) is 0. The molecular weight excluding hydrogens is 260 g/mol. The zero-order valence-electron chi connectivity index (χ0n) is 14.8. The molecule has 0 aromatic heterocycles. The largest absolute Gasteiger partial charge is 0.378 e. The lowest BCUT2D eigenvalue weighted by molar-refractivity contribution is -0.120. The van der Waals surface area contributed by atoms with E-state index in [-0.39, 0.29) is 11.9 Å². The Morgan fingerprint density at radius 2 is 1.33 bits per heavy atom. The lowest BCUT2D eigenvalue weighted by Gasteiger charge is -2.16. The molecule has 1 unspecified atom stereocenters. The second-order valence-corrected chi connectivity index (χ2v) is 6.37. The van der Waals surface area contributed by atoms with Gasteiger partial charge in [-0.25, -0.2) is 0 Å². The fraction of sp³-hybridized carbons (Fsp3) is 0.947. The average molecular weight is 299 g/mol. The second-order valence-electron chi connectivity index (χ2n) is 6.37. The van der Waals surface area contributed by atoms with Crippen molar-refractivity contribution in [2.75, 3.05) is 6.61 Å². The SMILES string of the molecule is CCCCCCCCC(CC(C)=O)OCCCCCCC. The van der Waals surface area contributed by atoms with Gasteiger partial charge in [-0.2, -0.15) is 0 Å². The normalized spacial score (nSPS) is 12.5. The third-order valence-electron chi connectivity index (χ3n) is 4.00. The van der Waals surface area contributed by atoms with Crippen LogP contribution in [-0.4, -0.2) is 18.5 Å². The zero-order valence-corrected chi connectivity index (χ0v) is 14.8. The molecule has 0 heterocycles. The van der Waals surface area contributed by atoms with Gasteiger partial charge in [0.05, 0.1) is 6.10 Å². The van der Waals surface area contributed by atoms with E-state index in [0.29, 0.717) is 6.42 Å². The van der Waals surface area contributed by atoms with Crippen LogP contribution < -0.4 is 0 Å². The minimum absolute atomic E-state index is 0.167. The van der Waals surface area contributed by atoms with Crippen molar-refractivity contribution in [3.8, 4) is 0 Å². The van der Waals surface area contributed by atoms with Crippen LogP contribution in [0.15, 0.2) is 0 Å². The Balaban J connectivity index is 3.64. The lowest BCUT2D eigenvalue weighted by atomic mass is 10.0. The molecule has 0 bridgehead atoms. The Morgan fingerprint density at radius 1 is 0.810 bits per heavy atom. The Bertz CT molecular complexity index is 210. The van der Waals surface area contributed by atoms with Crippen LogP contribution >= 0.6 is 0 Å². The van der Waals surface area contributed by atoms with Gasteiger partial charge in [-0.15, -0.1) is 0 Å². The van der Waals surface area contributed by atoms with Crippen LogP contribution in [0.4, 0.5) is 0 Å². The van der Waals surface area contributed by atoms with Gasteiger partial charge in [-0.3, -0.25) is 4.79 Å². The predicted octanol–water partition coefficient (Wildman–Crippen LogP) is 6.07. The fourth-order valence-corrected chi connectivity index (χ4v) is 2.67. The van der Waals surface area contributed by atoms with Gasteiger partial charge in [0.25, 0.3) is 0 Å². The van der Waals surface area contributed by atoms with Crippen molar-refractivity contribution in [1.29, 1.82) is 0 Å². The lowest BCUT2D eigenvalue weighted by Crippen LogP contribution is -2.17. The van der Waals surface area contributed by atoms with Crippen molar-refractivity contribution < 1.29 is 9.53 Å². The van der Waals surface area contributed by atoms with Crippen molar-refractivity contribution in [3.05, 3.63) is 0 Å². The van der Waals surface area contributed by atoms with E-state index in [4.69, 9.17) is 4.74 Å². The van der Waals surface area contributed by atoms with Crippen LogP contribution in [0.5, 0.6) is 0 Å². The summed E-state index contributed by atoms with van der Waals surface area (Å²) in [4.78, 5) is 11.3. The molecule has 126 valence electrons. The molecule has 0 aliphatic rings. The molecule has 0 fully saturated rings. The molecule has 2 heteroatoms. The standard InChI is InChI=1S/C19H38O2/c1-4-6-8-10-11-13-15-19(17-18(3)20)21-16-14-12-9-7-5-2/h19H,4-17H2,1-3H3. The summed E-state index contributed by atoms with van der Waals surface area (Å²) in [6.45, 7) is 6.99. The van der Waals surface area contributed by atoms with Crippen LogP contribution in [0.1, 0.15) is 104 Å². The van der Waals surface area contributed by atoms with Gasteiger partial charge >= 0.3 is 0 Å². The quantitative estimate of drug-likeness (QED) is 0.323. The molecule has 1 atom stereocenters. The summed E-state index contributed by atoms with van der Waals surface area (Å²) in [5.41, 5.74) is 0. The zero-order chi connectivity index (χ0) is 15.8. The molecule has 0 N–H and O–H groups in total. The highest BCUT2D eigenvalue weighted by Crippen LogP contribution is 2.14. The molecule has 0 aromatic rings. The van der Waals surface area contributed by atoms with Gasteiger partial charge in [0.15, 0.2) is 0 Å². The van der Waals surface area contributed by atoms with E-state index in [1.165, 1.54) is 64.2 Å². The molecule has 0 saturated carbocycles. The van der Waals surface area contributed by atoms with Gasteiger partial charge in [0.2, 0.25) is 0 Å². The number of carbonyl (C=O) groups excluding carboxylic acids is 1. The first-order chi connectivity index (χ1) is 10.2. The summed E-state index contributed by atoms with van der Waals surface area (Å²) >= 11 is 0. The number of ketones is 1. The molecule has 0 spiro atoms. The first-order valence-corrected chi connectivity index (χ1v) is 9.31. The monoisotopic (exact) mass is 298 g/mol. The molecule has 0 radical (unpaired) electrons. The maximum Gasteiger partial charge on any atom is 0.132 e. The number of Topliss-reactive ketones (excluding diaryl/α,β-unsaturated/α-hetero) is 1. The maximum absolute atomic E-state index is 11.3. The Labute approximate surface area is 133 Å². The number of carbonyl (C=O) groups is 1. The highest BCUT2D eigenvalue weighted by Gasteiger charge is 2.11. The number of rotatable bonds is 16. The number of unbranched alkanes of at least 4 members (excludes halogenated alkanes) is 9. The molecule has 0 aliphatic heterocycles.